The van der Waals surface area contributed by atoms with E-state index in [0.717, 1.165) is 19.1 Å². The molecular weight excluding hydrogens is 136 g/mol. The summed E-state index contributed by atoms with van der Waals surface area (Å²) in [6.07, 6.45) is 13.4. The minimum Gasteiger partial charge on any atom is -0.516 e. The van der Waals surface area contributed by atoms with Crippen molar-refractivity contribution in [3.05, 3.63) is 36.6 Å². The largest absolute Gasteiger partial charge is 0.516 e. The lowest BCUT2D eigenvalue weighted by Gasteiger charge is -2.25. The van der Waals surface area contributed by atoms with Crippen molar-refractivity contribution in [2.24, 2.45) is 5.41 Å². The number of allylic oxidation sites excluding steroid dienone is 5. The zero-order chi connectivity index (χ0) is 8.16. The van der Waals surface area contributed by atoms with Gasteiger partial charge in [0.1, 0.15) is 0 Å². The number of aliphatic hydroxyl groups is 1. The third-order valence-electron chi connectivity index (χ3n) is 2.24. The fourth-order valence-electron chi connectivity index (χ4n) is 1.33. The van der Waals surface area contributed by atoms with Crippen LogP contribution in [0, 0.1) is 5.41 Å². The average molecular weight is 150 g/mol. The Kier molecular flexibility index (Phi) is 2.53. The minimum atomic E-state index is 0.0729. The second-order valence-electron chi connectivity index (χ2n) is 2.89. The van der Waals surface area contributed by atoms with Crippen LogP contribution < -0.4 is 0 Å². The molecule has 11 heavy (non-hydrogen) atoms. The zero-order valence-electron chi connectivity index (χ0n) is 6.83. The van der Waals surface area contributed by atoms with Gasteiger partial charge in [0.25, 0.3) is 0 Å². The van der Waals surface area contributed by atoms with E-state index >= 15 is 0 Å². The van der Waals surface area contributed by atoms with Gasteiger partial charge in [-0.05, 0) is 18.9 Å². The summed E-state index contributed by atoms with van der Waals surface area (Å²) >= 11 is 0. The molecule has 0 saturated carbocycles. The molecule has 0 saturated heterocycles. The molecule has 0 fully saturated rings. The Hall–Kier alpha value is -0.980. The molecule has 0 spiro atoms. The first kappa shape index (κ1) is 8.12. The van der Waals surface area contributed by atoms with Crippen LogP contribution in [0.15, 0.2) is 36.6 Å². The minimum absolute atomic E-state index is 0.0729. The van der Waals surface area contributed by atoms with Crippen LogP contribution in [-0.4, -0.2) is 5.11 Å². The molecule has 1 unspecified atom stereocenters. The Morgan fingerprint density at radius 1 is 1.55 bits per heavy atom. The molecule has 0 aromatic rings. The Balaban J connectivity index is 2.76. The molecule has 0 aliphatic heterocycles. The Bertz CT molecular complexity index is 201. The summed E-state index contributed by atoms with van der Waals surface area (Å²) in [6.45, 7) is 2.13. The molecule has 0 radical (unpaired) electrons. The van der Waals surface area contributed by atoms with Gasteiger partial charge in [-0.2, -0.15) is 0 Å². The van der Waals surface area contributed by atoms with Crippen molar-refractivity contribution >= 4 is 0 Å². The van der Waals surface area contributed by atoms with Crippen LogP contribution >= 0.6 is 0 Å². The second kappa shape index (κ2) is 3.42. The van der Waals surface area contributed by atoms with Gasteiger partial charge in [0.05, 0.1) is 6.26 Å². The van der Waals surface area contributed by atoms with Crippen LogP contribution in [0.5, 0.6) is 0 Å². The average Bonchev–Trinajstić information content (AvgIpc) is 2.07. The summed E-state index contributed by atoms with van der Waals surface area (Å²) in [5, 5.41) is 8.68. The Morgan fingerprint density at radius 2 is 2.36 bits per heavy atom. The van der Waals surface area contributed by atoms with Crippen molar-refractivity contribution in [2.45, 2.75) is 19.8 Å². The summed E-state index contributed by atoms with van der Waals surface area (Å²) < 4.78 is 0. The van der Waals surface area contributed by atoms with Crippen LogP contribution in [-0.2, 0) is 0 Å². The second-order valence-corrected chi connectivity index (χ2v) is 2.89. The first-order valence-electron chi connectivity index (χ1n) is 3.99. The first-order valence-corrected chi connectivity index (χ1v) is 3.99. The van der Waals surface area contributed by atoms with Gasteiger partial charge >= 0.3 is 0 Å². The Morgan fingerprint density at radius 3 is 2.82 bits per heavy atom. The predicted octanol–water partition coefficient (Wildman–Crippen LogP) is 2.97. The molecule has 1 atom stereocenters. The SMILES string of the molecule is CCC1(C=CO)C=CC=CC1. The monoisotopic (exact) mass is 150 g/mol. The topological polar surface area (TPSA) is 20.2 Å². The van der Waals surface area contributed by atoms with Gasteiger partial charge in [-0.3, -0.25) is 0 Å². The van der Waals surface area contributed by atoms with E-state index in [4.69, 9.17) is 5.11 Å². The molecule has 1 nitrogen and oxygen atoms in total. The van der Waals surface area contributed by atoms with E-state index in [1.807, 2.05) is 18.2 Å². The molecule has 1 N–H and O–H groups in total. The van der Waals surface area contributed by atoms with E-state index in [-0.39, 0.29) is 5.41 Å². The van der Waals surface area contributed by atoms with E-state index in [1.165, 1.54) is 0 Å². The van der Waals surface area contributed by atoms with Crippen LogP contribution in [0.3, 0.4) is 0 Å². The summed E-state index contributed by atoms with van der Waals surface area (Å²) in [5.74, 6) is 0. The standard InChI is InChI=1S/C10H14O/c1-2-10(8-9-11)6-4-3-5-7-10/h3-6,8-9,11H,2,7H2,1H3. The number of hydrogen-bond donors (Lipinski definition) is 1. The molecular formula is C10H14O. The van der Waals surface area contributed by atoms with Crippen LogP contribution in [0.4, 0.5) is 0 Å². The quantitative estimate of drug-likeness (QED) is 0.600. The fourth-order valence-corrected chi connectivity index (χ4v) is 1.33. The highest BCUT2D eigenvalue weighted by Crippen LogP contribution is 2.32. The van der Waals surface area contributed by atoms with Gasteiger partial charge in [-0.1, -0.05) is 31.2 Å². The summed E-state index contributed by atoms with van der Waals surface area (Å²) in [4.78, 5) is 0. The molecule has 1 aliphatic rings. The van der Waals surface area contributed by atoms with Crippen molar-refractivity contribution in [2.75, 3.05) is 0 Å². The van der Waals surface area contributed by atoms with Crippen molar-refractivity contribution in [3.8, 4) is 0 Å². The van der Waals surface area contributed by atoms with Gasteiger partial charge in [-0.25, -0.2) is 0 Å². The molecule has 60 valence electrons. The van der Waals surface area contributed by atoms with E-state index in [9.17, 15) is 0 Å². The molecule has 0 bridgehead atoms. The van der Waals surface area contributed by atoms with Crippen molar-refractivity contribution < 1.29 is 5.11 Å². The van der Waals surface area contributed by atoms with Crippen molar-refractivity contribution in [1.82, 2.24) is 0 Å². The van der Waals surface area contributed by atoms with Crippen LogP contribution in [0.25, 0.3) is 0 Å². The highest BCUT2D eigenvalue weighted by atomic mass is 16.2. The number of rotatable bonds is 2. The number of aliphatic hydroxyl groups excluding tert-OH is 1. The molecule has 1 aliphatic carbocycles. The van der Waals surface area contributed by atoms with Crippen molar-refractivity contribution in [3.63, 3.8) is 0 Å². The molecule has 0 aromatic heterocycles. The lowest BCUT2D eigenvalue weighted by Crippen LogP contribution is -2.13. The zero-order valence-corrected chi connectivity index (χ0v) is 6.83. The normalized spacial score (nSPS) is 29.9. The first-order chi connectivity index (χ1) is 5.33. The highest BCUT2D eigenvalue weighted by Gasteiger charge is 2.20. The van der Waals surface area contributed by atoms with E-state index in [1.54, 1.807) is 0 Å². The lowest BCUT2D eigenvalue weighted by atomic mass is 9.79. The van der Waals surface area contributed by atoms with Gasteiger partial charge < -0.3 is 5.11 Å². The highest BCUT2D eigenvalue weighted by molar-refractivity contribution is 5.21. The maximum atomic E-state index is 8.68. The lowest BCUT2D eigenvalue weighted by molar-refractivity contribution is 0.427. The van der Waals surface area contributed by atoms with Gasteiger partial charge in [0.2, 0.25) is 0 Å². The summed E-state index contributed by atoms with van der Waals surface area (Å²) in [6, 6.07) is 0. The maximum Gasteiger partial charge on any atom is 0.0760 e. The van der Waals surface area contributed by atoms with Gasteiger partial charge in [0, 0.05) is 5.41 Å². The third kappa shape index (κ3) is 1.73. The molecule has 1 heteroatoms. The third-order valence-corrected chi connectivity index (χ3v) is 2.24. The summed E-state index contributed by atoms with van der Waals surface area (Å²) in [7, 11) is 0. The smallest absolute Gasteiger partial charge is 0.0760 e. The fraction of sp³-hybridized carbons (Fsp3) is 0.400. The number of hydrogen-bond acceptors (Lipinski definition) is 1. The van der Waals surface area contributed by atoms with Crippen LogP contribution in [0.1, 0.15) is 19.8 Å². The summed E-state index contributed by atoms with van der Waals surface area (Å²) in [5.41, 5.74) is 0.0729. The van der Waals surface area contributed by atoms with Gasteiger partial charge in [0.15, 0.2) is 0 Å². The van der Waals surface area contributed by atoms with E-state index in [2.05, 4.69) is 19.1 Å². The van der Waals surface area contributed by atoms with E-state index in [0.29, 0.717) is 0 Å². The molecule has 0 aromatic carbocycles. The van der Waals surface area contributed by atoms with Crippen molar-refractivity contribution in [1.29, 1.82) is 0 Å². The van der Waals surface area contributed by atoms with Crippen LogP contribution in [0.2, 0.25) is 0 Å². The Labute approximate surface area is 67.7 Å². The molecule has 0 heterocycles. The van der Waals surface area contributed by atoms with Gasteiger partial charge in [-0.15, -0.1) is 0 Å². The molecule has 0 amide bonds. The molecule has 1 rings (SSSR count). The predicted molar refractivity (Wildman–Crippen MR) is 47.4 cm³/mol. The maximum absolute atomic E-state index is 8.68. The van der Waals surface area contributed by atoms with E-state index < -0.39 is 0 Å².